The van der Waals surface area contributed by atoms with E-state index in [1.165, 1.54) is 17.0 Å². The molecular weight excluding hydrogens is 616 g/mol. The fraction of sp³-hybridized carbons (Fsp3) is 0.412. The number of imide groups is 1. The zero-order valence-electron chi connectivity index (χ0n) is 26.7. The molecule has 254 valence electrons. The zero-order chi connectivity index (χ0) is 34.2. The monoisotopic (exact) mass is 658 g/mol. The molecule has 0 spiro atoms. The Kier molecular flexibility index (Phi) is 11.2. The molecule has 14 heteroatoms. The second-order valence-electron chi connectivity index (χ2n) is 12.2. The van der Waals surface area contributed by atoms with Crippen LogP contribution in [0.15, 0.2) is 67.1 Å². The summed E-state index contributed by atoms with van der Waals surface area (Å²) in [7, 11) is 0. The summed E-state index contributed by atoms with van der Waals surface area (Å²) in [5.74, 6) is -3.28. The molecule has 0 aliphatic carbocycles. The quantitative estimate of drug-likeness (QED) is 0.196. The Morgan fingerprint density at radius 2 is 1.77 bits per heavy atom. The van der Waals surface area contributed by atoms with E-state index in [1.807, 2.05) is 34.9 Å². The van der Waals surface area contributed by atoms with Gasteiger partial charge in [-0.2, -0.15) is 0 Å². The maximum Gasteiger partial charge on any atom is 0.249 e. The van der Waals surface area contributed by atoms with E-state index in [0.29, 0.717) is 37.2 Å². The summed E-state index contributed by atoms with van der Waals surface area (Å²) in [5.41, 5.74) is 14.3. The van der Waals surface area contributed by atoms with Crippen molar-refractivity contribution < 1.29 is 29.1 Å². The summed E-state index contributed by atoms with van der Waals surface area (Å²) in [6, 6.07) is 11.3. The van der Waals surface area contributed by atoms with Gasteiger partial charge in [0.2, 0.25) is 29.5 Å². The Labute approximate surface area is 278 Å². The predicted molar refractivity (Wildman–Crippen MR) is 175 cm³/mol. The highest BCUT2D eigenvalue weighted by molar-refractivity contribution is 6.05. The van der Waals surface area contributed by atoms with Crippen LogP contribution in [0.2, 0.25) is 0 Å². The molecule has 5 rings (SSSR count). The Bertz CT molecular complexity index is 1610. The van der Waals surface area contributed by atoms with E-state index in [4.69, 9.17) is 11.5 Å². The summed E-state index contributed by atoms with van der Waals surface area (Å²) >= 11 is 0. The number of hydrogen-bond donors (Lipinski definition) is 5. The van der Waals surface area contributed by atoms with E-state index in [1.54, 1.807) is 24.7 Å². The summed E-state index contributed by atoms with van der Waals surface area (Å²) < 4.78 is 1.87. The molecule has 2 saturated heterocycles. The lowest BCUT2D eigenvalue weighted by atomic mass is 10.0. The van der Waals surface area contributed by atoms with E-state index < -0.39 is 60.2 Å². The number of phenolic OH excluding ortho intramolecular Hbond substituents is 1. The number of nitrogens with one attached hydrogen (secondary N) is 2. The number of carbonyl (C=O) groups is 5. The first kappa shape index (κ1) is 34.3. The number of rotatable bonds is 10. The molecule has 2 aliphatic rings. The molecule has 3 heterocycles. The van der Waals surface area contributed by atoms with Crippen molar-refractivity contribution >= 4 is 29.5 Å². The molecule has 3 aromatic rings. The van der Waals surface area contributed by atoms with Gasteiger partial charge in [-0.05, 0) is 61.9 Å². The van der Waals surface area contributed by atoms with Crippen molar-refractivity contribution in [2.75, 3.05) is 19.6 Å². The molecule has 2 aliphatic heterocycles. The Hall–Kier alpha value is -5.08. The normalized spacial score (nSPS) is 21.2. The molecule has 0 unspecified atom stereocenters. The van der Waals surface area contributed by atoms with Crippen molar-refractivity contribution in [3.8, 4) is 5.75 Å². The van der Waals surface area contributed by atoms with E-state index in [0.717, 1.165) is 10.5 Å². The minimum Gasteiger partial charge on any atom is -0.508 e. The van der Waals surface area contributed by atoms with E-state index >= 15 is 0 Å². The van der Waals surface area contributed by atoms with Crippen LogP contribution in [-0.2, 0) is 43.4 Å². The molecule has 2 aromatic carbocycles. The van der Waals surface area contributed by atoms with Crippen molar-refractivity contribution in [3.63, 3.8) is 0 Å². The Balaban J connectivity index is 1.45. The lowest BCUT2D eigenvalue weighted by Crippen LogP contribution is -2.63. The highest BCUT2D eigenvalue weighted by atomic mass is 16.3. The fourth-order valence-electron chi connectivity index (χ4n) is 6.23. The number of carbonyl (C=O) groups excluding carboxylic acids is 5. The lowest BCUT2D eigenvalue weighted by molar-refractivity contribution is -0.154. The van der Waals surface area contributed by atoms with Crippen molar-refractivity contribution in [2.45, 2.75) is 69.2 Å². The SMILES string of the molecule is NCCC[C@@H]1C(=O)N[C@@H](Cc2cn(Cc3ccccc3)cn2)C(=O)N2CCC[C@@H]2C(=O)NCC(=O)N1C(=O)[C@@H](N)Cc1ccc(O)cc1. The minimum absolute atomic E-state index is 0.0125. The van der Waals surface area contributed by atoms with Gasteiger partial charge in [0.25, 0.3) is 0 Å². The van der Waals surface area contributed by atoms with Crippen LogP contribution in [0.25, 0.3) is 0 Å². The maximum atomic E-state index is 14.1. The number of phenols is 1. The number of amides is 5. The number of imidazole rings is 1. The highest BCUT2D eigenvalue weighted by Crippen LogP contribution is 2.21. The third kappa shape index (κ3) is 8.25. The van der Waals surface area contributed by atoms with E-state index in [2.05, 4.69) is 15.6 Å². The van der Waals surface area contributed by atoms with E-state index in [9.17, 15) is 29.1 Å². The Morgan fingerprint density at radius 1 is 1.02 bits per heavy atom. The summed E-state index contributed by atoms with van der Waals surface area (Å²) in [4.78, 5) is 75.8. The molecule has 7 N–H and O–H groups in total. The van der Waals surface area contributed by atoms with Crippen LogP contribution in [0.5, 0.6) is 5.75 Å². The molecule has 4 atom stereocenters. The molecule has 5 amide bonds. The average Bonchev–Trinajstić information content (AvgIpc) is 3.75. The third-order valence-electron chi connectivity index (χ3n) is 8.69. The number of fused-ring (bicyclic) bond motifs is 1. The second kappa shape index (κ2) is 15.7. The molecule has 14 nitrogen and oxygen atoms in total. The number of hydrogen-bond acceptors (Lipinski definition) is 9. The molecule has 2 fully saturated rings. The van der Waals surface area contributed by atoms with Crippen molar-refractivity contribution in [1.29, 1.82) is 0 Å². The largest absolute Gasteiger partial charge is 0.508 e. The van der Waals surface area contributed by atoms with Gasteiger partial charge < -0.3 is 36.7 Å². The molecule has 0 bridgehead atoms. The smallest absolute Gasteiger partial charge is 0.249 e. The van der Waals surface area contributed by atoms with Gasteiger partial charge in [0.15, 0.2) is 0 Å². The molecule has 0 radical (unpaired) electrons. The fourth-order valence-corrected chi connectivity index (χ4v) is 6.23. The van der Waals surface area contributed by atoms with Crippen LogP contribution in [0.1, 0.15) is 42.5 Å². The van der Waals surface area contributed by atoms with Gasteiger partial charge in [0.05, 0.1) is 24.6 Å². The van der Waals surface area contributed by atoms with Crippen molar-refractivity contribution in [2.24, 2.45) is 11.5 Å². The predicted octanol–water partition coefficient (Wildman–Crippen LogP) is -0.182. The van der Waals surface area contributed by atoms with Gasteiger partial charge in [-0.1, -0.05) is 42.5 Å². The van der Waals surface area contributed by atoms with Gasteiger partial charge >= 0.3 is 0 Å². The number of aromatic nitrogens is 2. The third-order valence-corrected chi connectivity index (χ3v) is 8.69. The number of nitrogens with two attached hydrogens (primary N) is 2. The van der Waals surface area contributed by atoms with Crippen LogP contribution in [0.3, 0.4) is 0 Å². The first-order chi connectivity index (χ1) is 23.1. The standard InChI is InChI=1S/C34H42N8O6/c35-14-4-8-29-32(46)39-27(17-24-20-40(21-38-24)19-23-6-2-1-3-7-23)34(48)41-15-5-9-28(41)31(45)37-18-30(44)42(29)33(47)26(36)16-22-10-12-25(43)13-11-22/h1-3,6-7,10-13,20-21,26-29,43H,4-5,8-9,14-19,35-36H2,(H,37,45)(H,39,46)/t26-,27-,28+,29+/m0/s1. The number of nitrogens with zero attached hydrogens (tertiary/aromatic N) is 4. The van der Waals surface area contributed by atoms with Crippen LogP contribution in [0.4, 0.5) is 0 Å². The maximum absolute atomic E-state index is 14.1. The summed E-state index contributed by atoms with van der Waals surface area (Å²) in [5, 5.41) is 15.0. The highest BCUT2D eigenvalue weighted by Gasteiger charge is 2.42. The van der Waals surface area contributed by atoms with Gasteiger partial charge in [0.1, 0.15) is 23.9 Å². The number of benzene rings is 2. The molecule has 0 saturated carbocycles. The van der Waals surface area contributed by atoms with Gasteiger partial charge in [-0.3, -0.25) is 28.9 Å². The lowest BCUT2D eigenvalue weighted by Gasteiger charge is -2.35. The van der Waals surface area contributed by atoms with Crippen LogP contribution >= 0.6 is 0 Å². The first-order valence-corrected chi connectivity index (χ1v) is 16.2. The van der Waals surface area contributed by atoms with Crippen molar-refractivity contribution in [3.05, 3.63) is 83.9 Å². The molecule has 1 aromatic heterocycles. The Morgan fingerprint density at radius 3 is 2.50 bits per heavy atom. The van der Waals surface area contributed by atoms with Crippen LogP contribution in [0, 0.1) is 0 Å². The van der Waals surface area contributed by atoms with Gasteiger partial charge in [-0.15, -0.1) is 0 Å². The number of aromatic hydroxyl groups is 1. The average molecular weight is 659 g/mol. The second-order valence-corrected chi connectivity index (χ2v) is 12.2. The summed E-state index contributed by atoms with van der Waals surface area (Å²) in [6.45, 7) is 0.474. The van der Waals surface area contributed by atoms with Crippen LogP contribution in [-0.4, -0.2) is 97.8 Å². The first-order valence-electron chi connectivity index (χ1n) is 16.2. The molecular formula is C34H42N8O6. The zero-order valence-corrected chi connectivity index (χ0v) is 26.7. The molecule has 48 heavy (non-hydrogen) atoms. The van der Waals surface area contributed by atoms with Crippen molar-refractivity contribution in [1.82, 2.24) is 30.0 Å². The van der Waals surface area contributed by atoms with E-state index in [-0.39, 0.29) is 38.0 Å². The minimum atomic E-state index is -1.35. The van der Waals surface area contributed by atoms with Gasteiger partial charge in [-0.25, -0.2) is 4.98 Å². The van der Waals surface area contributed by atoms with Gasteiger partial charge in [0, 0.05) is 25.7 Å². The summed E-state index contributed by atoms with van der Waals surface area (Å²) in [6.07, 6.45) is 4.73. The topological polar surface area (TPSA) is 206 Å². The van der Waals surface area contributed by atoms with Crippen LogP contribution < -0.4 is 22.1 Å².